The topological polar surface area (TPSA) is 80.5 Å². The number of hydrogen-bond donors (Lipinski definition) is 2. The van der Waals surface area contributed by atoms with Crippen molar-refractivity contribution in [2.24, 2.45) is 4.99 Å². The van der Waals surface area contributed by atoms with Gasteiger partial charge in [-0.3, -0.25) is 4.79 Å². The fourth-order valence-corrected chi connectivity index (χ4v) is 3.11. The number of aliphatic imine (C=N–C) groups is 1. The van der Waals surface area contributed by atoms with Gasteiger partial charge in [0.15, 0.2) is 5.96 Å². The number of nitrogens with one attached hydrogen (secondary N) is 2. The Morgan fingerprint density at radius 1 is 1.17 bits per heavy atom. The van der Waals surface area contributed by atoms with Crippen molar-refractivity contribution in [3.8, 4) is 5.69 Å². The highest BCUT2D eigenvalue weighted by molar-refractivity contribution is 5.79. The third-order valence-electron chi connectivity index (χ3n) is 4.56. The first-order valence-corrected chi connectivity index (χ1v) is 10.3. The van der Waals surface area contributed by atoms with Gasteiger partial charge in [0.2, 0.25) is 0 Å². The van der Waals surface area contributed by atoms with Crippen LogP contribution in [-0.2, 0) is 16.1 Å². The van der Waals surface area contributed by atoms with Crippen molar-refractivity contribution < 1.29 is 9.53 Å². The minimum absolute atomic E-state index is 0.144. The molecular weight excluding hydrogens is 366 g/mol. The van der Waals surface area contributed by atoms with Gasteiger partial charge >= 0.3 is 5.97 Å². The van der Waals surface area contributed by atoms with Crippen molar-refractivity contribution in [2.45, 2.75) is 53.0 Å². The summed E-state index contributed by atoms with van der Waals surface area (Å²) in [5.41, 5.74) is 4.29. The average Bonchev–Trinajstić information content (AvgIpc) is 3.06. The molecule has 0 fully saturated rings. The molecule has 0 spiro atoms. The van der Waals surface area contributed by atoms with E-state index in [2.05, 4.69) is 52.5 Å². The van der Waals surface area contributed by atoms with Gasteiger partial charge in [-0.2, -0.15) is 5.10 Å². The first-order chi connectivity index (χ1) is 14.0. The van der Waals surface area contributed by atoms with E-state index in [-0.39, 0.29) is 5.97 Å². The summed E-state index contributed by atoms with van der Waals surface area (Å²) in [5.74, 6) is 0.651. The van der Waals surface area contributed by atoms with Crippen molar-refractivity contribution in [1.29, 1.82) is 0 Å². The van der Waals surface area contributed by atoms with E-state index < -0.39 is 0 Å². The lowest BCUT2D eigenvalue weighted by Gasteiger charge is -2.13. The number of nitrogens with zero attached hydrogens (tertiary/aromatic N) is 3. The number of unbranched alkanes of at least 4 members (excludes halogenated alkanes) is 2. The second-order valence-corrected chi connectivity index (χ2v) is 6.98. The maximum absolute atomic E-state index is 11.1. The Bertz CT molecular complexity index is 813. The van der Waals surface area contributed by atoms with Gasteiger partial charge in [-0.1, -0.05) is 24.6 Å². The second-order valence-electron chi connectivity index (χ2n) is 6.98. The molecule has 2 N–H and O–H groups in total. The summed E-state index contributed by atoms with van der Waals surface area (Å²) in [5, 5.41) is 11.3. The number of benzene rings is 1. The second kappa shape index (κ2) is 11.9. The summed E-state index contributed by atoms with van der Waals surface area (Å²) in [6.07, 6.45) is 3.28. The number of rotatable bonds is 10. The van der Waals surface area contributed by atoms with Crippen LogP contribution in [0.3, 0.4) is 0 Å². The van der Waals surface area contributed by atoms with Crippen LogP contribution in [0.25, 0.3) is 5.69 Å². The molecule has 0 atom stereocenters. The predicted octanol–water partition coefficient (Wildman–Crippen LogP) is 3.28. The molecule has 0 amide bonds. The van der Waals surface area contributed by atoms with Gasteiger partial charge in [0.25, 0.3) is 0 Å². The Kier molecular flexibility index (Phi) is 9.21. The van der Waals surface area contributed by atoms with Crippen molar-refractivity contribution in [1.82, 2.24) is 20.4 Å². The predicted molar refractivity (Wildman–Crippen MR) is 116 cm³/mol. The number of ether oxygens (including phenoxy) is 1. The molecule has 1 aromatic carbocycles. The van der Waals surface area contributed by atoms with Gasteiger partial charge in [0.1, 0.15) is 0 Å². The first kappa shape index (κ1) is 22.5. The molecule has 2 rings (SSSR count). The van der Waals surface area contributed by atoms with E-state index in [1.165, 1.54) is 7.11 Å². The molecule has 7 heteroatoms. The van der Waals surface area contributed by atoms with Crippen LogP contribution in [-0.4, -0.2) is 41.9 Å². The SMILES string of the molecule is CCNC(=NCc1ccccc1-n1nc(C)cc1C)NCCCCCC(=O)OC. The molecular formula is C22H33N5O2. The van der Waals surface area contributed by atoms with E-state index in [4.69, 9.17) is 4.99 Å². The summed E-state index contributed by atoms with van der Waals surface area (Å²) >= 11 is 0. The molecule has 0 aliphatic heterocycles. The molecule has 1 heterocycles. The van der Waals surface area contributed by atoms with Crippen LogP contribution in [0.1, 0.15) is 49.6 Å². The maximum atomic E-state index is 11.1. The number of esters is 1. The number of carbonyl (C=O) groups excluding carboxylic acids is 1. The molecule has 7 nitrogen and oxygen atoms in total. The molecule has 0 radical (unpaired) electrons. The summed E-state index contributed by atoms with van der Waals surface area (Å²) in [6, 6.07) is 10.3. The lowest BCUT2D eigenvalue weighted by atomic mass is 10.2. The fraction of sp³-hybridized carbons (Fsp3) is 0.500. The minimum atomic E-state index is -0.144. The van der Waals surface area contributed by atoms with Crippen molar-refractivity contribution >= 4 is 11.9 Å². The zero-order valence-corrected chi connectivity index (χ0v) is 18.0. The molecule has 2 aromatic rings. The Morgan fingerprint density at radius 2 is 1.97 bits per heavy atom. The van der Waals surface area contributed by atoms with Crippen LogP contribution in [0.2, 0.25) is 0 Å². The van der Waals surface area contributed by atoms with E-state index in [1.54, 1.807) is 0 Å². The zero-order valence-electron chi connectivity index (χ0n) is 18.0. The van der Waals surface area contributed by atoms with E-state index in [0.29, 0.717) is 13.0 Å². The van der Waals surface area contributed by atoms with Crippen LogP contribution in [0, 0.1) is 13.8 Å². The van der Waals surface area contributed by atoms with Gasteiger partial charge in [-0.05, 0) is 51.3 Å². The van der Waals surface area contributed by atoms with Gasteiger partial charge < -0.3 is 15.4 Å². The fourth-order valence-electron chi connectivity index (χ4n) is 3.11. The van der Waals surface area contributed by atoms with Crippen molar-refractivity contribution in [2.75, 3.05) is 20.2 Å². The maximum Gasteiger partial charge on any atom is 0.305 e. The summed E-state index contributed by atoms with van der Waals surface area (Å²) < 4.78 is 6.64. The summed E-state index contributed by atoms with van der Waals surface area (Å²) in [4.78, 5) is 15.9. The van der Waals surface area contributed by atoms with Crippen molar-refractivity contribution in [3.63, 3.8) is 0 Å². The molecule has 158 valence electrons. The highest BCUT2D eigenvalue weighted by atomic mass is 16.5. The Labute approximate surface area is 173 Å². The zero-order chi connectivity index (χ0) is 21.1. The Balaban J connectivity index is 1.95. The van der Waals surface area contributed by atoms with Gasteiger partial charge in [-0.25, -0.2) is 9.67 Å². The van der Waals surface area contributed by atoms with Gasteiger partial charge in [-0.15, -0.1) is 0 Å². The van der Waals surface area contributed by atoms with E-state index in [0.717, 1.165) is 61.0 Å². The normalized spacial score (nSPS) is 11.4. The number of aromatic nitrogens is 2. The lowest BCUT2D eigenvalue weighted by Crippen LogP contribution is -2.37. The quantitative estimate of drug-likeness (QED) is 0.277. The molecule has 0 aliphatic carbocycles. The van der Waals surface area contributed by atoms with Gasteiger partial charge in [0.05, 0.1) is 25.0 Å². The standard InChI is InChI=1S/C22H33N5O2/c1-5-23-22(24-14-10-6-7-13-21(28)29-4)25-16-19-11-8-9-12-20(19)27-18(3)15-17(2)26-27/h8-9,11-12,15H,5-7,10,13-14,16H2,1-4H3,(H2,23,24,25). The molecule has 0 unspecified atom stereocenters. The summed E-state index contributed by atoms with van der Waals surface area (Å²) in [6.45, 7) is 8.29. The molecule has 0 saturated heterocycles. The van der Waals surface area contributed by atoms with Crippen LogP contribution in [0.15, 0.2) is 35.3 Å². The van der Waals surface area contributed by atoms with Crippen LogP contribution in [0.4, 0.5) is 0 Å². The van der Waals surface area contributed by atoms with Crippen molar-refractivity contribution in [3.05, 3.63) is 47.3 Å². The average molecular weight is 400 g/mol. The van der Waals surface area contributed by atoms with Gasteiger partial charge in [0, 0.05) is 25.2 Å². The molecule has 0 saturated carbocycles. The number of guanidine groups is 1. The molecule has 0 bridgehead atoms. The number of methoxy groups -OCH3 is 1. The summed E-state index contributed by atoms with van der Waals surface area (Å²) in [7, 11) is 1.43. The lowest BCUT2D eigenvalue weighted by molar-refractivity contribution is -0.140. The number of aryl methyl sites for hydroxylation is 2. The number of para-hydroxylation sites is 1. The smallest absolute Gasteiger partial charge is 0.305 e. The number of hydrogen-bond acceptors (Lipinski definition) is 4. The third-order valence-corrected chi connectivity index (χ3v) is 4.56. The Hall–Kier alpha value is -2.83. The molecule has 1 aromatic heterocycles. The molecule has 29 heavy (non-hydrogen) atoms. The minimum Gasteiger partial charge on any atom is -0.469 e. The van der Waals surface area contributed by atoms with E-state index in [9.17, 15) is 4.79 Å². The van der Waals surface area contributed by atoms with Crippen LogP contribution >= 0.6 is 0 Å². The monoisotopic (exact) mass is 399 g/mol. The highest BCUT2D eigenvalue weighted by Crippen LogP contribution is 2.17. The van der Waals surface area contributed by atoms with E-state index in [1.807, 2.05) is 23.7 Å². The van der Waals surface area contributed by atoms with Crippen LogP contribution < -0.4 is 10.6 Å². The van der Waals surface area contributed by atoms with Crippen LogP contribution in [0.5, 0.6) is 0 Å². The largest absolute Gasteiger partial charge is 0.469 e. The third kappa shape index (κ3) is 7.25. The molecule has 0 aliphatic rings. The first-order valence-electron chi connectivity index (χ1n) is 10.3. The Morgan fingerprint density at radius 3 is 2.66 bits per heavy atom. The number of carbonyl (C=O) groups is 1. The van der Waals surface area contributed by atoms with E-state index >= 15 is 0 Å². The highest BCUT2D eigenvalue weighted by Gasteiger charge is 2.08.